The third-order valence-electron chi connectivity index (χ3n) is 11.1. The molecule has 1 saturated heterocycles. The van der Waals surface area contributed by atoms with Crippen LogP contribution in [0.15, 0.2) is 11.6 Å². The smallest absolute Gasteiger partial charge is 0.334 e. The van der Waals surface area contributed by atoms with Crippen molar-refractivity contribution in [3.8, 4) is 0 Å². The summed E-state index contributed by atoms with van der Waals surface area (Å²) in [6, 6.07) is 0. The molecule has 162 valence electrons. The summed E-state index contributed by atoms with van der Waals surface area (Å²) in [5, 5.41) is 21.9. The first-order valence-electron chi connectivity index (χ1n) is 11.8. The van der Waals surface area contributed by atoms with Crippen molar-refractivity contribution in [3.05, 3.63) is 11.6 Å². The van der Waals surface area contributed by atoms with Crippen LogP contribution in [0.5, 0.6) is 0 Å². The Bertz CT molecular complexity index is 760. The molecular weight excluding hydrogens is 364 g/mol. The molecule has 0 aromatic rings. The van der Waals surface area contributed by atoms with Gasteiger partial charge in [-0.05, 0) is 72.5 Å². The fourth-order valence-corrected chi connectivity index (χ4v) is 9.52. The number of hydrogen-bond acceptors (Lipinski definition) is 4. The van der Waals surface area contributed by atoms with Crippen LogP contribution in [0.1, 0.15) is 72.6 Å². The lowest BCUT2D eigenvalue weighted by Crippen LogP contribution is -2.66. The summed E-state index contributed by atoms with van der Waals surface area (Å²) in [4.78, 5) is 12.2. The Balaban J connectivity index is 1.58. The minimum absolute atomic E-state index is 0.00534. The molecule has 0 bridgehead atoms. The topological polar surface area (TPSA) is 66.8 Å². The number of esters is 1. The first-order valence-corrected chi connectivity index (χ1v) is 11.8. The van der Waals surface area contributed by atoms with Crippen LogP contribution in [0.4, 0.5) is 0 Å². The van der Waals surface area contributed by atoms with Gasteiger partial charge in [0.1, 0.15) is 0 Å². The third kappa shape index (κ3) is 2.31. The van der Waals surface area contributed by atoms with Gasteiger partial charge in [-0.25, -0.2) is 4.79 Å². The number of rotatable bonds is 1. The zero-order valence-corrected chi connectivity index (χ0v) is 18.5. The van der Waals surface area contributed by atoms with Crippen LogP contribution >= 0.6 is 0 Å². The van der Waals surface area contributed by atoms with E-state index in [1.165, 1.54) is 19.3 Å². The average molecular weight is 403 g/mol. The van der Waals surface area contributed by atoms with E-state index < -0.39 is 6.10 Å². The molecule has 1 aliphatic heterocycles. The van der Waals surface area contributed by atoms with Crippen LogP contribution in [0.3, 0.4) is 0 Å². The lowest BCUT2D eigenvalue weighted by molar-refractivity contribution is -0.237. The van der Waals surface area contributed by atoms with Crippen molar-refractivity contribution < 1.29 is 19.7 Å². The molecule has 2 N–H and O–H groups in total. The van der Waals surface area contributed by atoms with Crippen LogP contribution in [0.25, 0.3) is 0 Å². The Morgan fingerprint density at radius 3 is 2.52 bits per heavy atom. The summed E-state index contributed by atoms with van der Waals surface area (Å²) < 4.78 is 5.43. The quantitative estimate of drug-likeness (QED) is 0.648. The first kappa shape index (κ1) is 20.1. The van der Waals surface area contributed by atoms with E-state index in [9.17, 15) is 15.0 Å². The number of cyclic esters (lactones) is 1. The van der Waals surface area contributed by atoms with Crippen molar-refractivity contribution >= 4 is 5.97 Å². The first-order chi connectivity index (χ1) is 13.6. The van der Waals surface area contributed by atoms with Crippen molar-refractivity contribution in [2.45, 2.75) is 78.7 Å². The predicted molar refractivity (Wildman–Crippen MR) is 111 cm³/mol. The molecule has 4 nitrogen and oxygen atoms in total. The number of ether oxygens (including phenoxy) is 1. The second-order valence-electron chi connectivity index (χ2n) is 12.0. The average Bonchev–Trinajstić information content (AvgIpc) is 3.06. The van der Waals surface area contributed by atoms with Crippen molar-refractivity contribution in [2.75, 3.05) is 13.2 Å². The molecule has 0 aromatic carbocycles. The number of fused-ring (bicyclic) bond motifs is 7. The largest absolute Gasteiger partial charge is 0.462 e. The van der Waals surface area contributed by atoms with Gasteiger partial charge in [0, 0.05) is 23.5 Å². The molecule has 4 aliphatic carbocycles. The van der Waals surface area contributed by atoms with Gasteiger partial charge >= 0.3 is 5.97 Å². The Kier molecular flexibility index (Phi) is 4.22. The minimum Gasteiger partial charge on any atom is -0.462 e. The number of allylic oxidation sites excluding steroid dienone is 1. The zero-order valence-electron chi connectivity index (χ0n) is 18.5. The molecule has 4 heteroatoms. The Morgan fingerprint density at radius 1 is 1.07 bits per heavy atom. The van der Waals surface area contributed by atoms with Gasteiger partial charge in [0.05, 0.1) is 12.7 Å². The van der Waals surface area contributed by atoms with Gasteiger partial charge in [-0.1, -0.05) is 40.2 Å². The van der Waals surface area contributed by atoms with E-state index in [0.717, 1.165) is 31.3 Å². The lowest BCUT2D eigenvalue weighted by Gasteiger charge is -2.70. The van der Waals surface area contributed by atoms with Crippen LogP contribution < -0.4 is 0 Å². The maximum Gasteiger partial charge on any atom is 0.334 e. The third-order valence-corrected chi connectivity index (χ3v) is 11.1. The zero-order chi connectivity index (χ0) is 20.8. The summed E-state index contributed by atoms with van der Waals surface area (Å²) in [5.74, 6) is 1.21. The number of aliphatic hydroxyl groups excluding tert-OH is 2. The van der Waals surface area contributed by atoms with Gasteiger partial charge in [-0.2, -0.15) is 0 Å². The second kappa shape index (κ2) is 6.09. The number of aliphatic hydroxyl groups is 2. The molecule has 3 saturated carbocycles. The minimum atomic E-state index is -0.411. The van der Waals surface area contributed by atoms with E-state index in [0.29, 0.717) is 24.4 Å². The maximum absolute atomic E-state index is 12.2. The van der Waals surface area contributed by atoms with Crippen LogP contribution in [-0.4, -0.2) is 35.5 Å². The predicted octanol–water partition coefficient (Wildman–Crippen LogP) is 4.10. The molecule has 0 amide bonds. The van der Waals surface area contributed by atoms with E-state index >= 15 is 0 Å². The van der Waals surface area contributed by atoms with Gasteiger partial charge < -0.3 is 14.9 Å². The van der Waals surface area contributed by atoms with E-state index in [2.05, 4.69) is 33.8 Å². The van der Waals surface area contributed by atoms with Crippen LogP contribution in [0.2, 0.25) is 0 Å². The van der Waals surface area contributed by atoms with Gasteiger partial charge in [-0.15, -0.1) is 0 Å². The van der Waals surface area contributed by atoms with E-state index in [1.807, 2.05) is 0 Å². The molecule has 5 aliphatic rings. The normalized spacial score (nSPS) is 56.4. The van der Waals surface area contributed by atoms with Gasteiger partial charge in [-0.3, -0.25) is 0 Å². The molecule has 9 atom stereocenters. The summed E-state index contributed by atoms with van der Waals surface area (Å²) in [5.41, 5.74) is 0.845. The number of carbonyl (C=O) groups excluding carboxylic acids is 1. The lowest BCUT2D eigenvalue weighted by atomic mass is 9.34. The highest BCUT2D eigenvalue weighted by molar-refractivity contribution is 5.91. The molecule has 0 spiro atoms. The summed E-state index contributed by atoms with van der Waals surface area (Å²) in [7, 11) is 0. The summed E-state index contributed by atoms with van der Waals surface area (Å²) in [6.45, 7) is 10.2. The standard InChI is InChI=1S/C25H38O4/c1-22(14-26)9-5-10-23(2)17(22)8-11-24(3)18-7-6-15-16(13-29-21(15)28)25(18,4)20(27)12-19(23)24/h6,16-20,26-27H,5,7-14H2,1-4H3/t16-,17-,18-,19+,20+,22-,23-,24-,25+/m0/s1. The molecule has 0 aromatic heterocycles. The Labute approximate surface area is 175 Å². The van der Waals surface area contributed by atoms with Gasteiger partial charge in [0.15, 0.2) is 0 Å². The molecule has 29 heavy (non-hydrogen) atoms. The summed E-state index contributed by atoms with van der Waals surface area (Å²) >= 11 is 0. The summed E-state index contributed by atoms with van der Waals surface area (Å²) in [6.07, 6.45) is 9.23. The molecule has 0 unspecified atom stereocenters. The van der Waals surface area contributed by atoms with Crippen molar-refractivity contribution in [2.24, 2.45) is 45.3 Å². The second-order valence-corrected chi connectivity index (χ2v) is 12.0. The van der Waals surface area contributed by atoms with Crippen LogP contribution in [-0.2, 0) is 9.53 Å². The SMILES string of the molecule is C[C@@]1(CO)CCC[C@]2(C)[C@H]3C[C@@H](O)[C@]4(C)[C@H]5COC(=O)C5=CC[C@H]4[C@]3(C)CC[C@@H]12. The highest BCUT2D eigenvalue weighted by Crippen LogP contribution is 2.73. The van der Waals surface area contributed by atoms with Gasteiger partial charge in [0.2, 0.25) is 0 Å². The molecule has 5 rings (SSSR count). The van der Waals surface area contributed by atoms with E-state index in [-0.39, 0.29) is 40.2 Å². The maximum atomic E-state index is 12.2. The Morgan fingerprint density at radius 2 is 1.79 bits per heavy atom. The Hall–Kier alpha value is -0.870. The molecule has 1 heterocycles. The molecule has 4 fully saturated rings. The van der Waals surface area contributed by atoms with Crippen molar-refractivity contribution in [3.63, 3.8) is 0 Å². The van der Waals surface area contributed by atoms with E-state index in [1.54, 1.807) is 0 Å². The highest BCUT2D eigenvalue weighted by Gasteiger charge is 2.69. The fourth-order valence-electron chi connectivity index (χ4n) is 9.52. The molecular formula is C25H38O4. The van der Waals surface area contributed by atoms with Crippen LogP contribution in [0, 0.1) is 45.3 Å². The number of hydrogen-bond donors (Lipinski definition) is 2. The highest BCUT2D eigenvalue weighted by atomic mass is 16.5. The number of carbonyl (C=O) groups is 1. The molecule has 0 radical (unpaired) electrons. The van der Waals surface area contributed by atoms with Gasteiger partial charge in [0.25, 0.3) is 0 Å². The van der Waals surface area contributed by atoms with E-state index in [4.69, 9.17) is 4.74 Å². The fraction of sp³-hybridized carbons (Fsp3) is 0.880. The monoisotopic (exact) mass is 402 g/mol. The van der Waals surface area contributed by atoms with Crippen molar-refractivity contribution in [1.82, 2.24) is 0 Å². The van der Waals surface area contributed by atoms with Crippen molar-refractivity contribution in [1.29, 1.82) is 0 Å².